The minimum atomic E-state index is -3.59. The van der Waals surface area contributed by atoms with E-state index in [-0.39, 0.29) is 10.9 Å². The average molecular weight is 352 g/mol. The molecule has 0 saturated carbocycles. The molecule has 0 aliphatic carbocycles. The molecule has 1 aromatic heterocycles. The third kappa shape index (κ3) is 5.65. The normalized spacial score (nSPS) is 13.1. The highest BCUT2D eigenvalue weighted by Crippen LogP contribution is 2.22. The molecule has 0 aliphatic rings. The Labute approximate surface area is 136 Å². The van der Waals surface area contributed by atoms with Gasteiger partial charge in [-0.3, -0.25) is 0 Å². The number of hydrogen-bond acceptors (Lipinski definition) is 5. The maximum absolute atomic E-state index is 12.3. The molecule has 0 amide bonds. The Morgan fingerprint density at radius 3 is 2.67 bits per heavy atom. The van der Waals surface area contributed by atoms with Crippen molar-refractivity contribution in [1.82, 2.24) is 9.71 Å². The van der Waals surface area contributed by atoms with Crippen molar-refractivity contribution < 1.29 is 8.42 Å². The van der Waals surface area contributed by atoms with Gasteiger partial charge in [0.1, 0.15) is 10.7 Å². The van der Waals surface area contributed by atoms with Crippen LogP contribution in [0.15, 0.2) is 17.2 Å². The van der Waals surface area contributed by atoms with Gasteiger partial charge in [-0.15, -0.1) is 0 Å². The molecule has 2 N–H and O–H groups in total. The number of nitrogens with one attached hydrogen (secondary N) is 2. The van der Waals surface area contributed by atoms with Gasteiger partial charge in [0.05, 0.1) is 5.02 Å². The molecule has 1 aromatic rings. The van der Waals surface area contributed by atoms with Crippen LogP contribution in [0.3, 0.4) is 0 Å². The number of aromatic nitrogens is 1. The molecule has 8 heteroatoms. The molecule has 0 aliphatic heterocycles. The van der Waals surface area contributed by atoms with Crippen LogP contribution in [0, 0.1) is 0 Å². The van der Waals surface area contributed by atoms with Gasteiger partial charge < -0.3 is 5.32 Å². The average Bonchev–Trinajstić information content (AvgIpc) is 2.45. The molecule has 0 aromatic carbocycles. The predicted molar refractivity (Wildman–Crippen MR) is 90.8 cm³/mol. The highest BCUT2D eigenvalue weighted by atomic mass is 35.5. The van der Waals surface area contributed by atoms with Crippen LogP contribution in [0.4, 0.5) is 5.82 Å². The van der Waals surface area contributed by atoms with Crippen molar-refractivity contribution in [3.63, 3.8) is 0 Å². The first kappa shape index (κ1) is 18.5. The van der Waals surface area contributed by atoms with E-state index in [4.69, 9.17) is 11.6 Å². The van der Waals surface area contributed by atoms with Gasteiger partial charge >= 0.3 is 0 Å². The monoisotopic (exact) mass is 351 g/mol. The van der Waals surface area contributed by atoms with Crippen molar-refractivity contribution in [2.24, 2.45) is 0 Å². The third-order valence-corrected chi connectivity index (χ3v) is 5.36. The van der Waals surface area contributed by atoms with E-state index >= 15 is 0 Å². The molecule has 0 saturated heterocycles. The quantitative estimate of drug-likeness (QED) is 0.715. The standard InChI is InChI=1S/C13H22ClN3O2S2/c1-4-6-15-13-12(14)7-11(8-16-13)21(18,19)17-10(5-2)9-20-3/h7-8,10,17H,4-6,9H2,1-3H3,(H,15,16). The summed E-state index contributed by atoms with van der Waals surface area (Å²) >= 11 is 7.69. The first-order valence-corrected chi connectivity index (χ1v) is 10.1. The maximum Gasteiger partial charge on any atom is 0.242 e. The lowest BCUT2D eigenvalue weighted by molar-refractivity contribution is 0.558. The van der Waals surface area contributed by atoms with E-state index in [9.17, 15) is 8.42 Å². The van der Waals surface area contributed by atoms with Crippen LogP contribution in [0.2, 0.25) is 5.02 Å². The predicted octanol–water partition coefficient (Wildman–Crippen LogP) is 2.98. The SMILES string of the molecule is CCCNc1ncc(S(=O)(=O)NC(CC)CSC)cc1Cl. The van der Waals surface area contributed by atoms with Crippen molar-refractivity contribution in [1.29, 1.82) is 0 Å². The molecular weight excluding hydrogens is 330 g/mol. The number of pyridine rings is 1. The van der Waals surface area contributed by atoms with E-state index in [0.717, 1.165) is 25.1 Å². The molecule has 5 nitrogen and oxygen atoms in total. The smallest absolute Gasteiger partial charge is 0.242 e. The van der Waals surface area contributed by atoms with E-state index in [1.807, 2.05) is 20.1 Å². The van der Waals surface area contributed by atoms with E-state index in [1.165, 1.54) is 12.3 Å². The lowest BCUT2D eigenvalue weighted by atomic mass is 10.3. The Balaban J connectivity index is 2.90. The van der Waals surface area contributed by atoms with E-state index in [2.05, 4.69) is 15.0 Å². The van der Waals surface area contributed by atoms with Crippen LogP contribution in [0.1, 0.15) is 26.7 Å². The molecule has 1 heterocycles. The molecule has 0 bridgehead atoms. The summed E-state index contributed by atoms with van der Waals surface area (Å²) in [6, 6.07) is 1.34. The Morgan fingerprint density at radius 1 is 1.43 bits per heavy atom. The number of halogens is 1. The van der Waals surface area contributed by atoms with E-state index in [1.54, 1.807) is 11.8 Å². The van der Waals surface area contributed by atoms with Gasteiger partial charge in [0.25, 0.3) is 0 Å². The summed E-state index contributed by atoms with van der Waals surface area (Å²) < 4.78 is 27.3. The Morgan fingerprint density at radius 2 is 2.14 bits per heavy atom. The molecule has 120 valence electrons. The zero-order valence-corrected chi connectivity index (χ0v) is 14.9. The summed E-state index contributed by atoms with van der Waals surface area (Å²) in [6.07, 6.45) is 4.95. The Bertz CT molecular complexity index is 552. The van der Waals surface area contributed by atoms with Crippen LogP contribution in [-0.4, -0.2) is 38.0 Å². The van der Waals surface area contributed by atoms with Gasteiger partial charge in [-0.25, -0.2) is 18.1 Å². The Kier molecular flexibility index (Phi) is 7.79. The highest BCUT2D eigenvalue weighted by molar-refractivity contribution is 7.98. The van der Waals surface area contributed by atoms with Crippen molar-refractivity contribution >= 4 is 39.2 Å². The molecule has 0 fully saturated rings. The van der Waals surface area contributed by atoms with Gasteiger partial charge in [0, 0.05) is 24.5 Å². The molecule has 1 atom stereocenters. The van der Waals surface area contributed by atoms with Crippen molar-refractivity contribution in [2.45, 2.75) is 37.6 Å². The van der Waals surface area contributed by atoms with Gasteiger partial charge in [-0.1, -0.05) is 25.4 Å². The topological polar surface area (TPSA) is 71.1 Å². The highest BCUT2D eigenvalue weighted by Gasteiger charge is 2.20. The number of sulfonamides is 1. The van der Waals surface area contributed by atoms with Crippen LogP contribution >= 0.6 is 23.4 Å². The summed E-state index contributed by atoms with van der Waals surface area (Å²) in [5.41, 5.74) is 0. The zero-order chi connectivity index (χ0) is 15.9. The van der Waals surface area contributed by atoms with Crippen LogP contribution in [-0.2, 0) is 10.0 Å². The lowest BCUT2D eigenvalue weighted by Crippen LogP contribution is -2.36. The minimum Gasteiger partial charge on any atom is -0.369 e. The number of rotatable bonds is 9. The number of anilines is 1. The molecular formula is C13H22ClN3O2S2. The summed E-state index contributed by atoms with van der Waals surface area (Å²) in [7, 11) is -3.59. The fourth-order valence-corrected chi connectivity index (χ4v) is 4.08. The van der Waals surface area contributed by atoms with Crippen LogP contribution in [0.25, 0.3) is 0 Å². The second kappa shape index (κ2) is 8.82. The van der Waals surface area contributed by atoms with Gasteiger partial charge in [-0.2, -0.15) is 11.8 Å². The van der Waals surface area contributed by atoms with Crippen LogP contribution in [0.5, 0.6) is 0 Å². The number of hydrogen-bond donors (Lipinski definition) is 2. The summed E-state index contributed by atoms with van der Waals surface area (Å²) in [4.78, 5) is 4.19. The van der Waals surface area contributed by atoms with Crippen LogP contribution < -0.4 is 10.0 Å². The van der Waals surface area contributed by atoms with Gasteiger partial charge in [0.15, 0.2) is 0 Å². The fourth-order valence-electron chi connectivity index (χ4n) is 1.66. The lowest BCUT2D eigenvalue weighted by Gasteiger charge is -2.16. The fraction of sp³-hybridized carbons (Fsp3) is 0.615. The van der Waals surface area contributed by atoms with E-state index < -0.39 is 10.0 Å². The molecule has 21 heavy (non-hydrogen) atoms. The van der Waals surface area contributed by atoms with Crippen molar-refractivity contribution in [3.8, 4) is 0 Å². The zero-order valence-electron chi connectivity index (χ0n) is 12.5. The molecule has 0 radical (unpaired) electrons. The minimum absolute atomic E-state index is 0.0918. The molecule has 0 spiro atoms. The summed E-state index contributed by atoms with van der Waals surface area (Å²) in [6.45, 7) is 4.72. The molecule has 1 unspecified atom stereocenters. The van der Waals surface area contributed by atoms with Gasteiger partial charge in [-0.05, 0) is 25.2 Å². The largest absolute Gasteiger partial charge is 0.369 e. The number of nitrogens with zero attached hydrogens (tertiary/aromatic N) is 1. The van der Waals surface area contributed by atoms with Gasteiger partial charge in [0.2, 0.25) is 10.0 Å². The summed E-state index contributed by atoms with van der Waals surface area (Å²) in [5.74, 6) is 1.24. The summed E-state index contributed by atoms with van der Waals surface area (Å²) in [5, 5.41) is 3.36. The second-order valence-corrected chi connectivity index (χ2v) is 7.64. The van der Waals surface area contributed by atoms with E-state index in [0.29, 0.717) is 10.8 Å². The maximum atomic E-state index is 12.3. The Hall–Kier alpha value is -0.500. The first-order chi connectivity index (χ1) is 9.94. The van der Waals surface area contributed by atoms with Crippen molar-refractivity contribution in [3.05, 3.63) is 17.3 Å². The first-order valence-electron chi connectivity index (χ1n) is 6.85. The molecule has 1 rings (SSSR count). The third-order valence-electron chi connectivity index (χ3n) is 2.85. The second-order valence-electron chi connectivity index (χ2n) is 4.61. The number of thioether (sulfide) groups is 1. The van der Waals surface area contributed by atoms with Crippen molar-refractivity contribution in [2.75, 3.05) is 23.9 Å².